The Hall–Kier alpha value is -2.93. The summed E-state index contributed by atoms with van der Waals surface area (Å²) in [5.41, 5.74) is 1.20. The van der Waals surface area contributed by atoms with Crippen molar-refractivity contribution in [2.45, 2.75) is 0 Å². The second kappa shape index (κ2) is 6.90. The Morgan fingerprint density at radius 3 is 2.76 bits per heavy atom. The molecule has 0 aliphatic heterocycles. The quantitative estimate of drug-likeness (QED) is 0.660. The van der Waals surface area contributed by atoms with Gasteiger partial charge in [-0.1, -0.05) is 6.08 Å². The van der Waals surface area contributed by atoms with Gasteiger partial charge in [-0.05, 0) is 29.8 Å². The second-order valence-electron chi connectivity index (χ2n) is 5.42. The molecule has 2 heterocycles. The van der Waals surface area contributed by atoms with Crippen LogP contribution >= 0.6 is 11.3 Å². The Labute approximate surface area is 148 Å². The lowest BCUT2D eigenvalue weighted by molar-refractivity contribution is 0.0808. The summed E-state index contributed by atoms with van der Waals surface area (Å²) in [6.45, 7) is 3.96. The summed E-state index contributed by atoms with van der Waals surface area (Å²) in [6, 6.07) is 7.38. The van der Waals surface area contributed by atoms with E-state index in [0.29, 0.717) is 17.2 Å². The molecule has 0 saturated carbocycles. The first-order valence-corrected chi connectivity index (χ1v) is 8.44. The van der Waals surface area contributed by atoms with Crippen LogP contribution < -0.4 is 10.3 Å². The maximum Gasteiger partial charge on any atom is 0.271 e. The van der Waals surface area contributed by atoms with E-state index in [9.17, 15) is 9.59 Å². The number of fused-ring (bicyclic) bond motifs is 1. The molecule has 1 amide bonds. The molecule has 25 heavy (non-hydrogen) atoms. The van der Waals surface area contributed by atoms with Crippen molar-refractivity contribution in [3.8, 4) is 17.0 Å². The minimum absolute atomic E-state index is 0.0370. The summed E-state index contributed by atoms with van der Waals surface area (Å²) in [5, 5.41) is 1.85. The smallest absolute Gasteiger partial charge is 0.271 e. The van der Waals surface area contributed by atoms with Crippen molar-refractivity contribution in [2.75, 3.05) is 20.7 Å². The number of ether oxygens (including phenoxy) is 1. The van der Waals surface area contributed by atoms with Crippen LogP contribution in [0.1, 0.15) is 10.4 Å². The molecule has 2 aromatic heterocycles. The van der Waals surface area contributed by atoms with Gasteiger partial charge in [-0.3, -0.25) is 14.0 Å². The van der Waals surface area contributed by atoms with Gasteiger partial charge in [0.15, 0.2) is 4.96 Å². The Morgan fingerprint density at radius 2 is 2.12 bits per heavy atom. The third-order valence-corrected chi connectivity index (χ3v) is 4.65. The zero-order valence-electron chi connectivity index (χ0n) is 13.9. The van der Waals surface area contributed by atoms with Gasteiger partial charge in [0, 0.05) is 25.2 Å². The van der Waals surface area contributed by atoms with Crippen molar-refractivity contribution in [2.24, 2.45) is 0 Å². The Balaban J connectivity index is 2.13. The van der Waals surface area contributed by atoms with Gasteiger partial charge in [0.05, 0.1) is 12.8 Å². The van der Waals surface area contributed by atoms with Crippen molar-refractivity contribution >= 4 is 22.2 Å². The fourth-order valence-electron chi connectivity index (χ4n) is 2.48. The van der Waals surface area contributed by atoms with Crippen molar-refractivity contribution in [1.29, 1.82) is 0 Å². The Kier molecular flexibility index (Phi) is 4.67. The summed E-state index contributed by atoms with van der Waals surface area (Å²) in [6.07, 6.45) is 2.95. The predicted molar refractivity (Wildman–Crippen MR) is 98.5 cm³/mol. The number of carbonyl (C=O) groups excluding carboxylic acids is 1. The van der Waals surface area contributed by atoms with E-state index in [1.165, 1.54) is 26.8 Å². The average Bonchev–Trinajstić information content (AvgIpc) is 3.07. The molecule has 0 bridgehead atoms. The topological polar surface area (TPSA) is 63.9 Å². The largest absolute Gasteiger partial charge is 0.497 e. The fourth-order valence-corrected chi connectivity index (χ4v) is 3.34. The number of thiazole rings is 1. The van der Waals surface area contributed by atoms with Crippen LogP contribution in [0, 0.1) is 0 Å². The third-order valence-electron chi connectivity index (χ3n) is 3.81. The molecule has 0 spiro atoms. The van der Waals surface area contributed by atoms with Crippen LogP contribution in [0.5, 0.6) is 5.75 Å². The number of amides is 1. The lowest BCUT2D eigenvalue weighted by Gasteiger charge is -2.14. The Morgan fingerprint density at radius 1 is 1.40 bits per heavy atom. The number of methoxy groups -OCH3 is 1. The average molecular weight is 355 g/mol. The highest BCUT2D eigenvalue weighted by molar-refractivity contribution is 7.15. The summed E-state index contributed by atoms with van der Waals surface area (Å²) in [4.78, 5) is 31.6. The van der Waals surface area contributed by atoms with Crippen LogP contribution in [0.2, 0.25) is 0 Å². The van der Waals surface area contributed by atoms with Gasteiger partial charge < -0.3 is 9.64 Å². The summed E-state index contributed by atoms with van der Waals surface area (Å²) >= 11 is 1.35. The number of benzene rings is 1. The molecule has 0 unspecified atom stereocenters. The first-order chi connectivity index (χ1) is 12.1. The second-order valence-corrected chi connectivity index (χ2v) is 6.26. The van der Waals surface area contributed by atoms with Gasteiger partial charge in [0.1, 0.15) is 11.3 Å². The Bertz CT molecular complexity index is 989. The standard InChI is InChI=1S/C18H17N3O3S/c1-4-9-20(2)16(22)14-10-19-18-21(17(14)23)15(11-25-18)12-5-7-13(24-3)8-6-12/h4-8,10-11H,1,9H2,2-3H3. The van der Waals surface area contributed by atoms with E-state index in [2.05, 4.69) is 11.6 Å². The van der Waals surface area contributed by atoms with Gasteiger partial charge in [-0.2, -0.15) is 0 Å². The molecule has 1 aromatic carbocycles. The zero-order valence-corrected chi connectivity index (χ0v) is 14.7. The monoisotopic (exact) mass is 355 g/mol. The molecule has 128 valence electrons. The number of nitrogens with zero attached hydrogens (tertiary/aromatic N) is 3. The first kappa shape index (κ1) is 16.9. The number of hydrogen-bond donors (Lipinski definition) is 0. The number of rotatable bonds is 5. The van der Waals surface area contributed by atoms with Gasteiger partial charge in [0.25, 0.3) is 11.5 Å². The van der Waals surface area contributed by atoms with E-state index in [1.807, 2.05) is 29.6 Å². The molecule has 6 nitrogen and oxygen atoms in total. The lowest BCUT2D eigenvalue weighted by Crippen LogP contribution is -2.33. The van der Waals surface area contributed by atoms with E-state index in [1.54, 1.807) is 20.2 Å². The van der Waals surface area contributed by atoms with Gasteiger partial charge in [0.2, 0.25) is 0 Å². The molecule has 7 heteroatoms. The predicted octanol–water partition coefficient (Wildman–Crippen LogP) is 2.69. The highest BCUT2D eigenvalue weighted by Gasteiger charge is 2.19. The van der Waals surface area contributed by atoms with E-state index in [0.717, 1.165) is 11.3 Å². The van der Waals surface area contributed by atoms with Crippen LogP contribution in [-0.4, -0.2) is 40.9 Å². The van der Waals surface area contributed by atoms with E-state index >= 15 is 0 Å². The van der Waals surface area contributed by atoms with Crippen molar-refractivity contribution in [3.05, 3.63) is 64.4 Å². The first-order valence-electron chi connectivity index (χ1n) is 7.57. The van der Waals surface area contributed by atoms with E-state index in [4.69, 9.17) is 4.74 Å². The number of hydrogen-bond acceptors (Lipinski definition) is 5. The number of likely N-dealkylation sites (N-methyl/N-ethyl adjacent to an activating group) is 1. The molecule has 0 fully saturated rings. The van der Waals surface area contributed by atoms with Crippen LogP contribution in [0.4, 0.5) is 0 Å². The molecule has 0 aliphatic carbocycles. The van der Waals surface area contributed by atoms with Gasteiger partial charge >= 0.3 is 0 Å². The number of carbonyl (C=O) groups is 1. The highest BCUT2D eigenvalue weighted by atomic mass is 32.1. The SMILES string of the molecule is C=CCN(C)C(=O)c1cnc2scc(-c3ccc(OC)cc3)n2c1=O. The van der Waals surface area contributed by atoms with Crippen molar-refractivity contribution in [3.63, 3.8) is 0 Å². The van der Waals surface area contributed by atoms with Crippen LogP contribution in [0.3, 0.4) is 0 Å². The highest BCUT2D eigenvalue weighted by Crippen LogP contribution is 2.25. The summed E-state index contributed by atoms with van der Waals surface area (Å²) in [7, 11) is 3.22. The molecule has 3 rings (SSSR count). The number of aromatic nitrogens is 2. The minimum Gasteiger partial charge on any atom is -0.497 e. The minimum atomic E-state index is -0.377. The molecule has 0 radical (unpaired) electrons. The molecule has 0 saturated heterocycles. The van der Waals surface area contributed by atoms with Gasteiger partial charge in [-0.15, -0.1) is 17.9 Å². The van der Waals surface area contributed by atoms with E-state index < -0.39 is 0 Å². The van der Waals surface area contributed by atoms with Crippen LogP contribution in [0.25, 0.3) is 16.2 Å². The zero-order chi connectivity index (χ0) is 18.0. The molecule has 0 N–H and O–H groups in total. The fraction of sp³-hybridized carbons (Fsp3) is 0.167. The van der Waals surface area contributed by atoms with Gasteiger partial charge in [-0.25, -0.2) is 4.98 Å². The molecular formula is C18H17N3O3S. The van der Waals surface area contributed by atoms with Crippen molar-refractivity contribution < 1.29 is 9.53 Å². The molecule has 3 aromatic rings. The third kappa shape index (κ3) is 3.06. The van der Waals surface area contributed by atoms with Crippen molar-refractivity contribution in [1.82, 2.24) is 14.3 Å². The molecule has 0 atom stereocenters. The maximum absolute atomic E-state index is 12.9. The molecular weight excluding hydrogens is 338 g/mol. The maximum atomic E-state index is 12.9. The van der Waals surface area contributed by atoms with Crippen LogP contribution in [-0.2, 0) is 0 Å². The normalized spacial score (nSPS) is 10.6. The summed E-state index contributed by atoms with van der Waals surface area (Å²) < 4.78 is 6.63. The van der Waals surface area contributed by atoms with Crippen LogP contribution in [0.15, 0.2) is 53.3 Å². The lowest BCUT2D eigenvalue weighted by atomic mass is 10.1. The summed E-state index contributed by atoms with van der Waals surface area (Å²) in [5.74, 6) is 0.356. The molecule has 0 aliphatic rings. The van der Waals surface area contributed by atoms with E-state index in [-0.39, 0.29) is 17.0 Å².